The molecule has 6 nitrogen and oxygen atoms in total. The molecule has 2 N–H and O–H groups in total. The Labute approximate surface area is 123 Å². The van der Waals surface area contributed by atoms with E-state index in [0.29, 0.717) is 24.6 Å². The molecule has 1 aromatic rings. The molecule has 1 fully saturated rings. The second-order valence-corrected chi connectivity index (χ2v) is 8.20. The summed E-state index contributed by atoms with van der Waals surface area (Å²) in [6, 6.07) is 0. The molecule has 2 rings (SSSR count). The first kappa shape index (κ1) is 15.5. The van der Waals surface area contributed by atoms with Crippen molar-refractivity contribution >= 4 is 21.6 Å². The van der Waals surface area contributed by atoms with Gasteiger partial charge in [0.15, 0.2) is 15.0 Å². The van der Waals surface area contributed by atoms with Gasteiger partial charge in [-0.25, -0.2) is 8.42 Å². The van der Waals surface area contributed by atoms with Gasteiger partial charge in [-0.1, -0.05) is 17.8 Å². The van der Waals surface area contributed by atoms with Crippen molar-refractivity contribution in [2.24, 2.45) is 11.7 Å². The predicted octanol–water partition coefficient (Wildman–Crippen LogP) is 0.840. The van der Waals surface area contributed by atoms with Crippen LogP contribution in [0.25, 0.3) is 0 Å². The second-order valence-electron chi connectivity index (χ2n) is 4.91. The molecule has 112 valence electrons. The SMILES string of the molecule is C=CCn1c(CN)nnc1SCC[C@@H]1CCS(=O)(=O)C1. The first-order chi connectivity index (χ1) is 9.55. The van der Waals surface area contributed by atoms with Crippen molar-refractivity contribution in [3.63, 3.8) is 0 Å². The van der Waals surface area contributed by atoms with Crippen molar-refractivity contribution in [1.29, 1.82) is 0 Å². The molecule has 0 radical (unpaired) electrons. The molecule has 0 bridgehead atoms. The molecule has 1 aromatic heterocycles. The predicted molar refractivity (Wildman–Crippen MR) is 80.2 cm³/mol. The average Bonchev–Trinajstić information content (AvgIpc) is 2.94. The van der Waals surface area contributed by atoms with Crippen molar-refractivity contribution in [2.75, 3.05) is 17.3 Å². The summed E-state index contributed by atoms with van der Waals surface area (Å²) in [5, 5.41) is 9.00. The number of aromatic nitrogens is 3. The van der Waals surface area contributed by atoms with Crippen LogP contribution in [-0.4, -0.2) is 40.4 Å². The summed E-state index contributed by atoms with van der Waals surface area (Å²) in [6.07, 6.45) is 3.47. The Morgan fingerprint density at radius 3 is 2.90 bits per heavy atom. The molecule has 1 saturated heterocycles. The number of nitrogens with zero attached hydrogens (tertiary/aromatic N) is 3. The van der Waals surface area contributed by atoms with Crippen LogP contribution in [0, 0.1) is 5.92 Å². The third kappa shape index (κ3) is 3.83. The van der Waals surface area contributed by atoms with E-state index in [1.165, 1.54) is 0 Å². The highest BCUT2D eigenvalue weighted by molar-refractivity contribution is 7.99. The zero-order valence-corrected chi connectivity index (χ0v) is 13.0. The van der Waals surface area contributed by atoms with E-state index in [1.54, 1.807) is 17.8 Å². The Balaban J connectivity index is 1.88. The molecule has 1 atom stereocenters. The molecular weight excluding hydrogens is 296 g/mol. The molecule has 0 aromatic carbocycles. The van der Waals surface area contributed by atoms with Crippen LogP contribution in [0.4, 0.5) is 0 Å². The summed E-state index contributed by atoms with van der Waals surface area (Å²) in [5.41, 5.74) is 5.62. The zero-order valence-electron chi connectivity index (χ0n) is 11.4. The lowest BCUT2D eigenvalue weighted by atomic mass is 10.1. The van der Waals surface area contributed by atoms with Crippen LogP contribution in [0.3, 0.4) is 0 Å². The van der Waals surface area contributed by atoms with Crippen molar-refractivity contribution in [2.45, 2.75) is 31.1 Å². The summed E-state index contributed by atoms with van der Waals surface area (Å²) in [4.78, 5) is 0. The molecular formula is C12H20N4O2S2. The highest BCUT2D eigenvalue weighted by Gasteiger charge is 2.27. The van der Waals surface area contributed by atoms with E-state index in [0.717, 1.165) is 29.6 Å². The molecule has 2 heterocycles. The van der Waals surface area contributed by atoms with Gasteiger partial charge in [0.25, 0.3) is 0 Å². The molecule has 0 saturated carbocycles. The Bertz CT molecular complexity index is 568. The minimum Gasteiger partial charge on any atom is -0.324 e. The summed E-state index contributed by atoms with van der Waals surface area (Å²) >= 11 is 1.60. The van der Waals surface area contributed by atoms with Crippen molar-refractivity contribution in [3.8, 4) is 0 Å². The number of hydrogen-bond donors (Lipinski definition) is 1. The number of hydrogen-bond acceptors (Lipinski definition) is 6. The number of rotatable bonds is 7. The molecule has 0 spiro atoms. The van der Waals surface area contributed by atoms with E-state index in [2.05, 4.69) is 16.8 Å². The third-order valence-electron chi connectivity index (χ3n) is 3.37. The van der Waals surface area contributed by atoms with Crippen LogP contribution in [0.5, 0.6) is 0 Å². The average molecular weight is 316 g/mol. The van der Waals surface area contributed by atoms with E-state index in [1.807, 2.05) is 4.57 Å². The van der Waals surface area contributed by atoms with Gasteiger partial charge in [0, 0.05) is 12.3 Å². The van der Waals surface area contributed by atoms with Crippen molar-refractivity contribution in [1.82, 2.24) is 14.8 Å². The minimum atomic E-state index is -2.78. The lowest BCUT2D eigenvalue weighted by Gasteiger charge is -2.08. The van der Waals surface area contributed by atoms with Gasteiger partial charge in [0.05, 0.1) is 18.1 Å². The maximum atomic E-state index is 11.4. The molecule has 8 heteroatoms. The fraction of sp³-hybridized carbons (Fsp3) is 0.667. The first-order valence-corrected chi connectivity index (χ1v) is 9.42. The summed E-state index contributed by atoms with van der Waals surface area (Å²) in [6.45, 7) is 4.71. The maximum Gasteiger partial charge on any atom is 0.191 e. The number of sulfone groups is 1. The highest BCUT2D eigenvalue weighted by atomic mass is 32.2. The number of nitrogens with two attached hydrogens (primary N) is 1. The van der Waals surface area contributed by atoms with E-state index in [-0.39, 0.29) is 5.92 Å². The van der Waals surface area contributed by atoms with Crippen molar-refractivity contribution < 1.29 is 8.42 Å². The van der Waals surface area contributed by atoms with Crippen LogP contribution in [0.15, 0.2) is 17.8 Å². The molecule has 0 unspecified atom stereocenters. The van der Waals surface area contributed by atoms with Gasteiger partial charge in [0.2, 0.25) is 0 Å². The molecule has 1 aliphatic heterocycles. The fourth-order valence-electron chi connectivity index (χ4n) is 2.31. The normalized spacial score (nSPS) is 21.1. The first-order valence-electron chi connectivity index (χ1n) is 6.62. The van der Waals surface area contributed by atoms with E-state index in [4.69, 9.17) is 5.73 Å². The number of allylic oxidation sites excluding steroid dienone is 1. The monoisotopic (exact) mass is 316 g/mol. The van der Waals surface area contributed by atoms with Gasteiger partial charge in [-0.15, -0.1) is 16.8 Å². The molecule has 0 aliphatic carbocycles. The molecule has 0 amide bonds. The lowest BCUT2D eigenvalue weighted by molar-refractivity contribution is 0.573. The smallest absolute Gasteiger partial charge is 0.191 e. The Morgan fingerprint density at radius 1 is 1.50 bits per heavy atom. The largest absolute Gasteiger partial charge is 0.324 e. The van der Waals surface area contributed by atoms with Crippen molar-refractivity contribution in [3.05, 3.63) is 18.5 Å². The standard InChI is InChI=1S/C12H20N4O2S2/c1-2-5-16-11(8-13)14-15-12(16)19-6-3-10-4-7-20(17,18)9-10/h2,10H,1,3-9,13H2/t10-/m1/s1. The van der Waals surface area contributed by atoms with E-state index in [9.17, 15) is 8.42 Å². The second kappa shape index (κ2) is 6.73. The van der Waals surface area contributed by atoms with Crippen LogP contribution in [0.2, 0.25) is 0 Å². The van der Waals surface area contributed by atoms with Gasteiger partial charge in [-0.2, -0.15) is 0 Å². The topological polar surface area (TPSA) is 90.9 Å². The van der Waals surface area contributed by atoms with Crippen LogP contribution < -0.4 is 5.73 Å². The third-order valence-corrected chi connectivity index (χ3v) is 6.21. The Morgan fingerprint density at radius 2 is 2.30 bits per heavy atom. The van der Waals surface area contributed by atoms with E-state index < -0.39 is 9.84 Å². The summed E-state index contributed by atoms with van der Waals surface area (Å²) < 4.78 is 24.7. The van der Waals surface area contributed by atoms with Gasteiger partial charge >= 0.3 is 0 Å². The van der Waals surface area contributed by atoms with Crippen LogP contribution >= 0.6 is 11.8 Å². The molecule has 20 heavy (non-hydrogen) atoms. The molecule has 1 aliphatic rings. The Hall–Kier alpha value is -0.860. The lowest BCUT2D eigenvalue weighted by Crippen LogP contribution is -2.09. The highest BCUT2D eigenvalue weighted by Crippen LogP contribution is 2.25. The Kier molecular flexibility index (Phi) is 5.22. The fourth-order valence-corrected chi connectivity index (χ4v) is 5.28. The summed E-state index contributed by atoms with van der Waals surface area (Å²) in [7, 11) is -2.78. The van der Waals surface area contributed by atoms with Gasteiger partial charge in [-0.05, 0) is 18.8 Å². The maximum absolute atomic E-state index is 11.4. The van der Waals surface area contributed by atoms with Crippen LogP contribution in [-0.2, 0) is 22.9 Å². The summed E-state index contributed by atoms with van der Waals surface area (Å²) in [5.74, 6) is 2.56. The minimum absolute atomic E-state index is 0.289. The van der Waals surface area contributed by atoms with Gasteiger partial charge in [-0.3, -0.25) is 0 Å². The zero-order chi connectivity index (χ0) is 14.6. The number of thioether (sulfide) groups is 1. The van der Waals surface area contributed by atoms with E-state index >= 15 is 0 Å². The van der Waals surface area contributed by atoms with Gasteiger partial charge < -0.3 is 10.3 Å². The van der Waals surface area contributed by atoms with Crippen LogP contribution in [0.1, 0.15) is 18.7 Å². The quantitative estimate of drug-likeness (QED) is 0.592. The van der Waals surface area contributed by atoms with Gasteiger partial charge in [0.1, 0.15) is 5.82 Å².